The molecule has 9 rings (SSSR count). The van der Waals surface area contributed by atoms with Gasteiger partial charge in [-0.2, -0.15) is 0 Å². The topological polar surface area (TPSA) is 159 Å². The van der Waals surface area contributed by atoms with Gasteiger partial charge in [0, 0.05) is 62.3 Å². The molecule has 7 aromatic rings. The minimum atomic E-state index is -1.63. The summed E-state index contributed by atoms with van der Waals surface area (Å²) in [5, 5.41) is 20.1. The van der Waals surface area contributed by atoms with Crippen LogP contribution in [0.15, 0.2) is 146 Å². The number of rotatable bonds is 14. The molecule has 4 N–H and O–H groups in total. The number of carbonyl (C=O) groups excluding carboxylic acids is 2. The van der Waals surface area contributed by atoms with Crippen molar-refractivity contribution in [1.82, 2.24) is 30.6 Å². The highest BCUT2D eigenvalue weighted by molar-refractivity contribution is 6.03. The molecule has 11 nitrogen and oxygen atoms in total. The minimum absolute atomic E-state index is 0.131. The molecule has 2 aliphatic heterocycles. The summed E-state index contributed by atoms with van der Waals surface area (Å²) in [6.07, 6.45) is 7.02. The summed E-state index contributed by atoms with van der Waals surface area (Å²) in [5.41, 5.74) is 10.5. The summed E-state index contributed by atoms with van der Waals surface area (Å²) in [5.74, 6) is -4.03. The molecular formula is C55H51N7O4. The molecule has 2 atom stereocenters. The van der Waals surface area contributed by atoms with Gasteiger partial charge in [0.2, 0.25) is 11.8 Å². The predicted molar refractivity (Wildman–Crippen MR) is 263 cm³/mol. The minimum Gasteiger partial charge on any atom is -0.355 e. The highest BCUT2D eigenvalue weighted by atomic mass is 16.6. The normalized spacial score (nSPS) is 14.3. The number of hydrogen-bond acceptors (Lipinski definition) is 6. The Labute approximate surface area is 383 Å². The van der Waals surface area contributed by atoms with Crippen LogP contribution in [0.25, 0.3) is 78.7 Å². The maximum absolute atomic E-state index is 14.8. The van der Waals surface area contributed by atoms with Gasteiger partial charge >= 0.3 is 0 Å². The highest BCUT2D eigenvalue weighted by Gasteiger charge is 2.53. The number of nitrogens with one attached hydrogen (secondary N) is 4. The zero-order valence-corrected chi connectivity index (χ0v) is 37.0. The lowest BCUT2D eigenvalue weighted by Crippen LogP contribution is -2.46. The number of nitrogens with zero attached hydrogens (tertiary/aromatic N) is 3. The second-order valence-corrected chi connectivity index (χ2v) is 16.7. The fourth-order valence-corrected chi connectivity index (χ4v) is 9.23. The Hall–Kier alpha value is -7.92. The Kier molecular flexibility index (Phi) is 12.8. The van der Waals surface area contributed by atoms with Crippen LogP contribution in [0, 0.1) is 16.0 Å². The first-order valence-corrected chi connectivity index (χ1v) is 22.7. The molecule has 66 heavy (non-hydrogen) atoms. The maximum Gasteiger partial charge on any atom is 0.264 e. The molecular weight excluding hydrogens is 823 g/mol. The first kappa shape index (κ1) is 43.3. The maximum atomic E-state index is 14.8. The summed E-state index contributed by atoms with van der Waals surface area (Å²) >= 11 is 0. The lowest BCUT2D eigenvalue weighted by Gasteiger charge is -2.25. The Balaban J connectivity index is 1.49. The molecule has 5 heterocycles. The molecule has 0 saturated carbocycles. The third-order valence-corrected chi connectivity index (χ3v) is 12.4. The van der Waals surface area contributed by atoms with Gasteiger partial charge in [-0.25, -0.2) is 9.97 Å². The van der Waals surface area contributed by atoms with Crippen molar-refractivity contribution in [3.63, 3.8) is 0 Å². The van der Waals surface area contributed by atoms with E-state index in [0.717, 1.165) is 57.5 Å². The molecule has 0 radical (unpaired) electrons. The number of aromatic nitrogens is 4. The number of unbranched alkanes of at least 4 members (excludes halogenated alkanes) is 2. The lowest BCUT2D eigenvalue weighted by atomic mass is 9.79. The van der Waals surface area contributed by atoms with E-state index in [2.05, 4.69) is 20.6 Å². The predicted octanol–water partition coefficient (Wildman–Crippen LogP) is 11.7. The van der Waals surface area contributed by atoms with E-state index in [0.29, 0.717) is 59.2 Å². The summed E-state index contributed by atoms with van der Waals surface area (Å²) in [4.78, 5) is 61.5. The largest absolute Gasteiger partial charge is 0.355 e. The van der Waals surface area contributed by atoms with Gasteiger partial charge < -0.3 is 20.6 Å². The van der Waals surface area contributed by atoms with Crippen LogP contribution < -0.4 is 10.6 Å². The van der Waals surface area contributed by atoms with Gasteiger partial charge in [-0.1, -0.05) is 148 Å². The van der Waals surface area contributed by atoms with Gasteiger partial charge in [0.25, 0.3) is 6.04 Å². The molecule has 4 aromatic carbocycles. The van der Waals surface area contributed by atoms with Gasteiger partial charge in [-0.05, 0) is 71.5 Å². The van der Waals surface area contributed by atoms with E-state index in [-0.39, 0.29) is 16.3 Å². The van der Waals surface area contributed by atoms with Crippen molar-refractivity contribution >= 4 is 46.0 Å². The lowest BCUT2D eigenvalue weighted by molar-refractivity contribution is -0.533. The number of nitro groups is 1. The van der Waals surface area contributed by atoms with Crippen LogP contribution in [0.3, 0.4) is 0 Å². The van der Waals surface area contributed by atoms with Crippen LogP contribution in [0.1, 0.15) is 74.3 Å². The number of benzene rings is 4. The van der Waals surface area contributed by atoms with Gasteiger partial charge in [0.15, 0.2) is 0 Å². The monoisotopic (exact) mass is 873 g/mol. The van der Waals surface area contributed by atoms with E-state index < -0.39 is 29.7 Å². The molecule has 8 bridgehead atoms. The highest BCUT2D eigenvalue weighted by Crippen LogP contribution is 2.50. The molecule has 11 heteroatoms. The number of carbonyl (C=O) groups is 2. The molecule has 0 unspecified atom stereocenters. The van der Waals surface area contributed by atoms with Crippen molar-refractivity contribution in [3.05, 3.63) is 178 Å². The Bertz CT molecular complexity index is 3070. The zero-order valence-electron chi connectivity index (χ0n) is 37.0. The van der Waals surface area contributed by atoms with E-state index in [1.807, 2.05) is 172 Å². The molecule has 0 aliphatic carbocycles. The second kappa shape index (κ2) is 19.4. The van der Waals surface area contributed by atoms with Crippen LogP contribution >= 0.6 is 0 Å². The van der Waals surface area contributed by atoms with Crippen LogP contribution in [0.5, 0.6) is 0 Å². The van der Waals surface area contributed by atoms with E-state index in [1.54, 1.807) is 0 Å². The second-order valence-electron chi connectivity index (χ2n) is 16.7. The van der Waals surface area contributed by atoms with Crippen LogP contribution in [0.4, 0.5) is 0 Å². The number of fused-ring (bicyclic) bond motifs is 8. The average molecular weight is 874 g/mol. The molecule has 2 amide bonds. The van der Waals surface area contributed by atoms with Crippen LogP contribution in [-0.4, -0.2) is 49.8 Å². The zero-order chi connectivity index (χ0) is 45.6. The van der Waals surface area contributed by atoms with Crippen molar-refractivity contribution in [1.29, 1.82) is 0 Å². The van der Waals surface area contributed by atoms with E-state index >= 15 is 0 Å². The van der Waals surface area contributed by atoms with Gasteiger partial charge in [-0.15, -0.1) is 0 Å². The Morgan fingerprint density at radius 1 is 0.545 bits per heavy atom. The smallest absolute Gasteiger partial charge is 0.264 e. The summed E-state index contributed by atoms with van der Waals surface area (Å²) in [7, 11) is 0. The van der Waals surface area contributed by atoms with Crippen molar-refractivity contribution in [2.75, 3.05) is 13.1 Å². The number of H-pyrrole nitrogens is 2. The Morgan fingerprint density at radius 3 is 1.29 bits per heavy atom. The molecule has 330 valence electrons. The van der Waals surface area contributed by atoms with Gasteiger partial charge in [-0.3, -0.25) is 19.7 Å². The van der Waals surface area contributed by atoms with Crippen molar-refractivity contribution in [2.24, 2.45) is 5.92 Å². The van der Waals surface area contributed by atoms with Crippen molar-refractivity contribution < 1.29 is 14.5 Å². The van der Waals surface area contributed by atoms with Crippen molar-refractivity contribution in [2.45, 2.75) is 51.5 Å². The fourth-order valence-electron chi connectivity index (χ4n) is 9.23. The molecule has 0 spiro atoms. The molecule has 0 fully saturated rings. The van der Waals surface area contributed by atoms with Gasteiger partial charge in [0.1, 0.15) is 11.6 Å². The summed E-state index contributed by atoms with van der Waals surface area (Å²) in [6, 6.07) is 45.3. The number of hydrogen-bond donors (Lipinski definition) is 4. The Morgan fingerprint density at radius 2 is 0.909 bits per heavy atom. The van der Waals surface area contributed by atoms with Crippen molar-refractivity contribution in [3.8, 4) is 44.5 Å². The molecule has 0 saturated heterocycles. The van der Waals surface area contributed by atoms with E-state index in [4.69, 9.17) is 9.97 Å². The molecule has 3 aromatic heterocycles. The van der Waals surface area contributed by atoms with Gasteiger partial charge in [0.05, 0.1) is 23.0 Å². The van der Waals surface area contributed by atoms with E-state index in [1.165, 1.54) is 0 Å². The number of amides is 2. The quantitative estimate of drug-likeness (QED) is 0.0368. The SMILES string of the molecule is CCCCNC(=O)C(C(=O)NCCCC)[C@@H]1c2nc(c(-c3ccccc3)c3ccc([nH]3)c(-c3ccccc3)c3nc(c(-c4ccccc4)c4ccc([nH]4)c2-c2ccccc2)C=C3)[C@H]1[N+](=O)[O-]. The first-order chi connectivity index (χ1) is 32.4. The summed E-state index contributed by atoms with van der Waals surface area (Å²) < 4.78 is 0. The third kappa shape index (κ3) is 8.55. The van der Waals surface area contributed by atoms with E-state index in [9.17, 15) is 19.7 Å². The van der Waals surface area contributed by atoms with Crippen LogP contribution in [-0.2, 0) is 9.59 Å². The standard InChI is InChI=1S/C55H51N7O4/c1-3-5-33-56-54(63)50(55(64)57-34-6-4-2)49-51-47(37-23-15-9-16-24-37)43-31-29-41(59-43)45(35-19-11-7-12-20-35)39-27-28-40(58-39)46(36-21-13-8-14-22-36)42-30-32-44(60-42)48(38-25-17-10-18-26-38)52(61-51)53(49)62(65)66/h7-32,49-50,53,59-60H,3-6,33-34H2,1-2H3,(H,56,63)(H,57,64)/t49-,53+/m1/s1. The first-order valence-electron chi connectivity index (χ1n) is 22.7. The molecule has 2 aliphatic rings. The number of aromatic amines is 2. The average Bonchev–Trinajstić information content (AvgIpc) is 4.18. The third-order valence-electron chi connectivity index (χ3n) is 12.4. The van der Waals surface area contributed by atoms with Crippen LogP contribution in [0.2, 0.25) is 0 Å². The fraction of sp³-hybridized carbons (Fsp3) is 0.200. The summed E-state index contributed by atoms with van der Waals surface area (Å²) in [6.45, 7) is 4.65.